The maximum atomic E-state index is 12.0. The van der Waals surface area contributed by atoms with Crippen LogP contribution in [-0.4, -0.2) is 61.4 Å². The molecule has 1 atom stereocenters. The van der Waals surface area contributed by atoms with Crippen molar-refractivity contribution in [3.05, 3.63) is 0 Å². The summed E-state index contributed by atoms with van der Waals surface area (Å²) >= 11 is 0. The fourth-order valence-electron chi connectivity index (χ4n) is 3.18. The number of carbonyl (C=O) groups excluding carboxylic acids is 2. The van der Waals surface area contributed by atoms with Crippen LogP contribution >= 0.6 is 0 Å². The van der Waals surface area contributed by atoms with E-state index >= 15 is 0 Å². The van der Waals surface area contributed by atoms with Gasteiger partial charge in [0, 0.05) is 19.6 Å². The monoisotopic (exact) mass is 267 g/mol. The van der Waals surface area contributed by atoms with Crippen LogP contribution in [-0.2, 0) is 9.59 Å². The second kappa shape index (κ2) is 6.37. The molecule has 5 nitrogen and oxygen atoms in total. The van der Waals surface area contributed by atoms with Crippen LogP contribution in [0.25, 0.3) is 0 Å². The highest BCUT2D eigenvalue weighted by Crippen LogP contribution is 2.27. The lowest BCUT2D eigenvalue weighted by molar-refractivity contribution is -0.149. The van der Waals surface area contributed by atoms with Crippen molar-refractivity contribution in [3.63, 3.8) is 0 Å². The van der Waals surface area contributed by atoms with Gasteiger partial charge in [-0.1, -0.05) is 19.3 Å². The van der Waals surface area contributed by atoms with Gasteiger partial charge < -0.3 is 15.1 Å². The van der Waals surface area contributed by atoms with E-state index < -0.39 is 0 Å². The summed E-state index contributed by atoms with van der Waals surface area (Å²) in [7, 11) is 3.65. The Balaban J connectivity index is 1.93. The smallest absolute Gasteiger partial charge is 0.242 e. The minimum atomic E-state index is 0.0399. The number of hydrogen-bond donors (Lipinski definition) is 1. The SMILES string of the molecule is CNC(CN1CC(=O)N(C)CC1=O)C1CCCCC1. The van der Waals surface area contributed by atoms with Gasteiger partial charge in [-0.3, -0.25) is 9.59 Å². The molecule has 1 aliphatic carbocycles. The Morgan fingerprint density at radius 1 is 1.16 bits per heavy atom. The quantitative estimate of drug-likeness (QED) is 0.805. The number of amides is 2. The average Bonchev–Trinajstić information content (AvgIpc) is 2.42. The van der Waals surface area contributed by atoms with Crippen LogP contribution in [0.4, 0.5) is 0 Å². The summed E-state index contributed by atoms with van der Waals surface area (Å²) in [5, 5.41) is 3.35. The first-order valence-electron chi connectivity index (χ1n) is 7.31. The fraction of sp³-hybridized carbons (Fsp3) is 0.857. The predicted octanol–water partition coefficient (Wildman–Crippen LogP) is 0.455. The van der Waals surface area contributed by atoms with Gasteiger partial charge in [0.25, 0.3) is 0 Å². The van der Waals surface area contributed by atoms with Gasteiger partial charge in [-0.2, -0.15) is 0 Å². The summed E-state index contributed by atoms with van der Waals surface area (Å²) in [6.07, 6.45) is 6.39. The fourth-order valence-corrected chi connectivity index (χ4v) is 3.18. The molecule has 1 saturated carbocycles. The first kappa shape index (κ1) is 14.3. The number of nitrogens with one attached hydrogen (secondary N) is 1. The molecule has 2 fully saturated rings. The summed E-state index contributed by atoms with van der Waals surface area (Å²) in [6, 6.07) is 0.320. The second-order valence-electron chi connectivity index (χ2n) is 5.82. The first-order chi connectivity index (χ1) is 9.11. The van der Waals surface area contributed by atoms with E-state index in [0.29, 0.717) is 18.5 Å². The van der Waals surface area contributed by atoms with Crippen molar-refractivity contribution in [2.45, 2.75) is 38.1 Å². The lowest BCUT2D eigenvalue weighted by Crippen LogP contribution is -2.56. The zero-order valence-corrected chi connectivity index (χ0v) is 12.0. The van der Waals surface area contributed by atoms with Gasteiger partial charge in [0.2, 0.25) is 11.8 Å². The van der Waals surface area contributed by atoms with Crippen molar-refractivity contribution in [1.29, 1.82) is 0 Å². The number of likely N-dealkylation sites (N-methyl/N-ethyl adjacent to an activating group) is 2. The normalized spacial score (nSPS) is 23.9. The van der Waals surface area contributed by atoms with Crippen LogP contribution in [0.5, 0.6) is 0 Å². The third-order valence-corrected chi connectivity index (χ3v) is 4.48. The topological polar surface area (TPSA) is 52.7 Å². The average molecular weight is 267 g/mol. The van der Waals surface area contributed by atoms with E-state index in [2.05, 4.69) is 5.32 Å². The van der Waals surface area contributed by atoms with Gasteiger partial charge in [0.1, 0.15) is 0 Å². The zero-order chi connectivity index (χ0) is 13.8. The van der Waals surface area contributed by atoms with Crippen molar-refractivity contribution in [1.82, 2.24) is 15.1 Å². The lowest BCUT2D eigenvalue weighted by atomic mass is 9.83. The number of piperazine rings is 1. The molecular formula is C14H25N3O2. The molecule has 1 N–H and O–H groups in total. The molecule has 1 unspecified atom stereocenters. The van der Waals surface area contributed by atoms with Crippen LogP contribution < -0.4 is 5.32 Å². The van der Waals surface area contributed by atoms with Crippen molar-refractivity contribution >= 4 is 11.8 Å². The van der Waals surface area contributed by atoms with Gasteiger partial charge in [-0.05, 0) is 25.8 Å². The molecule has 0 bridgehead atoms. The molecule has 0 aromatic rings. The van der Waals surface area contributed by atoms with Gasteiger partial charge in [-0.15, -0.1) is 0 Å². The van der Waals surface area contributed by atoms with E-state index in [9.17, 15) is 9.59 Å². The molecule has 0 aromatic heterocycles. The van der Waals surface area contributed by atoms with Gasteiger partial charge in [-0.25, -0.2) is 0 Å². The summed E-state index contributed by atoms with van der Waals surface area (Å²) in [6.45, 7) is 1.12. The Labute approximate surface area is 115 Å². The Morgan fingerprint density at radius 2 is 1.84 bits per heavy atom. The van der Waals surface area contributed by atoms with Crippen LogP contribution in [0.3, 0.4) is 0 Å². The molecular weight excluding hydrogens is 242 g/mol. The predicted molar refractivity (Wildman–Crippen MR) is 73.6 cm³/mol. The number of nitrogens with zero attached hydrogens (tertiary/aromatic N) is 2. The molecule has 108 valence electrons. The van der Waals surface area contributed by atoms with Crippen molar-refractivity contribution < 1.29 is 9.59 Å². The van der Waals surface area contributed by atoms with Crippen LogP contribution in [0.1, 0.15) is 32.1 Å². The highest BCUT2D eigenvalue weighted by Gasteiger charge is 2.31. The largest absolute Gasteiger partial charge is 0.335 e. The zero-order valence-electron chi connectivity index (χ0n) is 12.0. The number of hydrogen-bond acceptors (Lipinski definition) is 3. The minimum Gasteiger partial charge on any atom is -0.335 e. The Kier molecular flexibility index (Phi) is 4.80. The van der Waals surface area contributed by atoms with E-state index in [4.69, 9.17) is 0 Å². The highest BCUT2D eigenvalue weighted by atomic mass is 16.2. The van der Waals surface area contributed by atoms with Crippen LogP contribution in [0, 0.1) is 5.92 Å². The molecule has 1 aliphatic heterocycles. The van der Waals surface area contributed by atoms with Crippen molar-refractivity contribution in [3.8, 4) is 0 Å². The summed E-state index contributed by atoms with van der Waals surface area (Å²) < 4.78 is 0. The molecule has 2 aliphatic rings. The molecule has 0 radical (unpaired) electrons. The Bertz CT molecular complexity index is 340. The molecule has 0 spiro atoms. The Morgan fingerprint density at radius 3 is 2.47 bits per heavy atom. The summed E-state index contributed by atoms with van der Waals surface area (Å²) in [5.74, 6) is 0.748. The van der Waals surface area contributed by atoms with Crippen molar-refractivity contribution in [2.75, 3.05) is 33.7 Å². The third-order valence-electron chi connectivity index (χ3n) is 4.48. The molecule has 2 amide bonds. The van der Waals surface area contributed by atoms with E-state index in [0.717, 1.165) is 0 Å². The van der Waals surface area contributed by atoms with Gasteiger partial charge >= 0.3 is 0 Å². The standard InChI is InChI=1S/C14H25N3O2/c1-15-12(11-6-4-3-5-7-11)8-17-10-13(18)16(2)9-14(17)19/h11-12,15H,3-10H2,1-2H3. The minimum absolute atomic E-state index is 0.0399. The van der Waals surface area contributed by atoms with E-state index in [1.165, 1.54) is 37.0 Å². The van der Waals surface area contributed by atoms with E-state index in [1.54, 1.807) is 11.9 Å². The maximum absolute atomic E-state index is 12.0. The van der Waals surface area contributed by atoms with E-state index in [-0.39, 0.29) is 24.9 Å². The lowest BCUT2D eigenvalue weighted by Gasteiger charge is -2.37. The molecule has 1 heterocycles. The first-order valence-corrected chi connectivity index (χ1v) is 7.31. The molecule has 19 heavy (non-hydrogen) atoms. The Hall–Kier alpha value is -1.10. The maximum Gasteiger partial charge on any atom is 0.242 e. The van der Waals surface area contributed by atoms with Crippen molar-refractivity contribution in [2.24, 2.45) is 5.92 Å². The number of rotatable bonds is 4. The van der Waals surface area contributed by atoms with Gasteiger partial charge in [0.15, 0.2) is 0 Å². The van der Waals surface area contributed by atoms with Crippen LogP contribution in [0.15, 0.2) is 0 Å². The summed E-state index contributed by atoms with van der Waals surface area (Å²) in [5.41, 5.74) is 0. The van der Waals surface area contributed by atoms with E-state index in [1.807, 2.05) is 7.05 Å². The number of carbonyl (C=O) groups is 2. The summed E-state index contributed by atoms with van der Waals surface area (Å²) in [4.78, 5) is 26.9. The molecule has 5 heteroatoms. The molecule has 0 aromatic carbocycles. The highest BCUT2D eigenvalue weighted by molar-refractivity contribution is 5.92. The second-order valence-corrected chi connectivity index (χ2v) is 5.82. The van der Waals surface area contributed by atoms with Crippen LogP contribution in [0.2, 0.25) is 0 Å². The molecule has 1 saturated heterocycles. The molecule has 2 rings (SSSR count). The van der Waals surface area contributed by atoms with Gasteiger partial charge in [0.05, 0.1) is 13.1 Å². The third kappa shape index (κ3) is 3.47.